The molecule has 0 fully saturated rings. The lowest BCUT2D eigenvalue weighted by molar-refractivity contribution is 0.281. The van der Waals surface area contributed by atoms with Crippen molar-refractivity contribution in [3.05, 3.63) is 16.1 Å². The minimum absolute atomic E-state index is 0.0578. The maximum atomic E-state index is 8.80. The monoisotopic (exact) mass is 200 g/mol. The summed E-state index contributed by atoms with van der Waals surface area (Å²) in [5.41, 5.74) is 1.07. The predicted molar refractivity (Wildman–Crippen MR) is 54.9 cm³/mol. The maximum absolute atomic E-state index is 8.80. The molecule has 0 aromatic carbocycles. The summed E-state index contributed by atoms with van der Waals surface area (Å²) in [7, 11) is 0. The van der Waals surface area contributed by atoms with Gasteiger partial charge >= 0.3 is 0 Å². The summed E-state index contributed by atoms with van der Waals surface area (Å²) in [6.07, 6.45) is 0.939. The number of nitrogens with one attached hydrogen (secondary N) is 1. The lowest BCUT2D eigenvalue weighted by atomic mass is 10.3. The fraction of sp³-hybridized carbons (Fsp3) is 0.667. The van der Waals surface area contributed by atoms with E-state index >= 15 is 0 Å². The van der Waals surface area contributed by atoms with Crippen molar-refractivity contribution in [3.63, 3.8) is 0 Å². The Morgan fingerprint density at radius 3 is 2.92 bits per heavy atom. The van der Waals surface area contributed by atoms with E-state index in [4.69, 9.17) is 5.11 Å². The Morgan fingerprint density at radius 2 is 2.38 bits per heavy atom. The summed E-state index contributed by atoms with van der Waals surface area (Å²) < 4.78 is 0. The Labute approximate surface area is 82.8 Å². The Morgan fingerprint density at radius 1 is 1.62 bits per heavy atom. The first-order chi connectivity index (χ1) is 6.22. The zero-order chi connectivity index (χ0) is 9.68. The molecule has 0 atom stereocenters. The van der Waals surface area contributed by atoms with Crippen molar-refractivity contribution in [1.82, 2.24) is 10.3 Å². The fourth-order valence-corrected chi connectivity index (χ4v) is 1.71. The van der Waals surface area contributed by atoms with E-state index in [2.05, 4.69) is 24.1 Å². The van der Waals surface area contributed by atoms with Crippen molar-refractivity contribution in [3.8, 4) is 0 Å². The molecule has 0 amide bonds. The first-order valence-corrected chi connectivity index (χ1v) is 5.38. The average molecular weight is 200 g/mol. The molecule has 0 bridgehead atoms. The minimum atomic E-state index is 0.0578. The zero-order valence-corrected chi connectivity index (χ0v) is 8.90. The van der Waals surface area contributed by atoms with Gasteiger partial charge in [0.15, 0.2) is 0 Å². The van der Waals surface area contributed by atoms with Crippen LogP contribution in [0, 0.1) is 0 Å². The van der Waals surface area contributed by atoms with Crippen LogP contribution in [0.4, 0.5) is 0 Å². The van der Waals surface area contributed by atoms with Crippen LogP contribution in [0.25, 0.3) is 0 Å². The standard InChI is InChI=1S/C9H16N2OS/c1-7(2)10-4-3-8-6-13-9(5-12)11-8/h6-7,10,12H,3-5H2,1-2H3. The van der Waals surface area contributed by atoms with E-state index in [-0.39, 0.29) is 6.61 Å². The minimum Gasteiger partial charge on any atom is -0.389 e. The highest BCUT2D eigenvalue weighted by Crippen LogP contribution is 2.09. The summed E-state index contributed by atoms with van der Waals surface area (Å²) in [6, 6.07) is 0.524. The van der Waals surface area contributed by atoms with Gasteiger partial charge in [-0.25, -0.2) is 4.98 Å². The maximum Gasteiger partial charge on any atom is 0.118 e. The highest BCUT2D eigenvalue weighted by molar-refractivity contribution is 7.09. The molecule has 0 unspecified atom stereocenters. The molecule has 0 aliphatic heterocycles. The van der Waals surface area contributed by atoms with Crippen molar-refractivity contribution in [2.24, 2.45) is 0 Å². The largest absolute Gasteiger partial charge is 0.389 e. The van der Waals surface area contributed by atoms with Gasteiger partial charge < -0.3 is 10.4 Å². The highest BCUT2D eigenvalue weighted by Gasteiger charge is 2.00. The van der Waals surface area contributed by atoms with Gasteiger partial charge in [0.05, 0.1) is 12.3 Å². The first-order valence-electron chi connectivity index (χ1n) is 4.50. The Hall–Kier alpha value is -0.450. The number of hydrogen-bond acceptors (Lipinski definition) is 4. The number of hydrogen-bond donors (Lipinski definition) is 2. The molecule has 1 rings (SSSR count). The predicted octanol–water partition coefficient (Wildman–Crippen LogP) is 1.18. The molecule has 74 valence electrons. The number of aliphatic hydroxyl groups is 1. The van der Waals surface area contributed by atoms with E-state index in [1.165, 1.54) is 11.3 Å². The lowest BCUT2D eigenvalue weighted by Gasteiger charge is -2.05. The van der Waals surface area contributed by atoms with Gasteiger partial charge in [0.25, 0.3) is 0 Å². The van der Waals surface area contributed by atoms with Crippen molar-refractivity contribution in [1.29, 1.82) is 0 Å². The van der Waals surface area contributed by atoms with E-state index in [0.29, 0.717) is 6.04 Å². The molecule has 0 aliphatic rings. The van der Waals surface area contributed by atoms with Crippen LogP contribution in [0.1, 0.15) is 24.5 Å². The highest BCUT2D eigenvalue weighted by atomic mass is 32.1. The third-order valence-electron chi connectivity index (χ3n) is 1.67. The summed E-state index contributed by atoms with van der Waals surface area (Å²) in [4.78, 5) is 4.25. The Kier molecular flexibility index (Phi) is 4.35. The molecule has 0 aliphatic carbocycles. The van der Waals surface area contributed by atoms with E-state index in [1.807, 2.05) is 5.38 Å². The number of aromatic nitrogens is 1. The van der Waals surface area contributed by atoms with E-state index in [1.54, 1.807) is 0 Å². The smallest absolute Gasteiger partial charge is 0.118 e. The second-order valence-electron chi connectivity index (χ2n) is 3.25. The van der Waals surface area contributed by atoms with E-state index < -0.39 is 0 Å². The van der Waals surface area contributed by atoms with Crippen LogP contribution in [0.15, 0.2) is 5.38 Å². The molecule has 0 radical (unpaired) electrons. The molecule has 4 heteroatoms. The van der Waals surface area contributed by atoms with Crippen LogP contribution in [0.5, 0.6) is 0 Å². The summed E-state index contributed by atoms with van der Waals surface area (Å²) >= 11 is 1.52. The molecule has 2 N–H and O–H groups in total. The number of aliphatic hydroxyl groups excluding tert-OH is 1. The van der Waals surface area contributed by atoms with Gasteiger partial charge in [0.1, 0.15) is 5.01 Å². The molecule has 1 aromatic heterocycles. The quantitative estimate of drug-likeness (QED) is 0.750. The third-order valence-corrected chi connectivity index (χ3v) is 2.55. The molecule has 0 spiro atoms. The molecule has 1 aromatic rings. The molecule has 13 heavy (non-hydrogen) atoms. The van der Waals surface area contributed by atoms with Gasteiger partial charge in [-0.3, -0.25) is 0 Å². The first kappa shape index (κ1) is 10.6. The zero-order valence-electron chi connectivity index (χ0n) is 8.08. The summed E-state index contributed by atoms with van der Waals surface area (Å²) in [5, 5.41) is 14.9. The van der Waals surface area contributed by atoms with Gasteiger partial charge in [-0.15, -0.1) is 11.3 Å². The normalized spacial score (nSPS) is 11.1. The lowest BCUT2D eigenvalue weighted by Crippen LogP contribution is -2.25. The summed E-state index contributed by atoms with van der Waals surface area (Å²) in [5.74, 6) is 0. The SMILES string of the molecule is CC(C)NCCc1csc(CO)n1. The van der Waals surface area contributed by atoms with Gasteiger partial charge in [-0.1, -0.05) is 13.8 Å². The van der Waals surface area contributed by atoms with Gasteiger partial charge in [-0.2, -0.15) is 0 Å². The van der Waals surface area contributed by atoms with Crippen LogP contribution >= 0.6 is 11.3 Å². The second kappa shape index (κ2) is 5.32. The van der Waals surface area contributed by atoms with Crippen molar-refractivity contribution in [2.75, 3.05) is 6.54 Å². The number of nitrogens with zero attached hydrogens (tertiary/aromatic N) is 1. The van der Waals surface area contributed by atoms with E-state index in [0.717, 1.165) is 23.7 Å². The van der Waals surface area contributed by atoms with Gasteiger partial charge in [0.2, 0.25) is 0 Å². The molecular formula is C9H16N2OS. The second-order valence-corrected chi connectivity index (χ2v) is 4.19. The Bertz CT molecular complexity index is 248. The van der Waals surface area contributed by atoms with Gasteiger partial charge in [-0.05, 0) is 0 Å². The van der Waals surface area contributed by atoms with Crippen LogP contribution < -0.4 is 5.32 Å². The van der Waals surface area contributed by atoms with Crippen LogP contribution in [0.3, 0.4) is 0 Å². The topological polar surface area (TPSA) is 45.1 Å². The molecular weight excluding hydrogens is 184 g/mol. The van der Waals surface area contributed by atoms with Crippen molar-refractivity contribution >= 4 is 11.3 Å². The summed E-state index contributed by atoms with van der Waals surface area (Å²) in [6.45, 7) is 5.26. The Balaban J connectivity index is 2.28. The molecule has 1 heterocycles. The van der Waals surface area contributed by atoms with Crippen molar-refractivity contribution < 1.29 is 5.11 Å². The van der Waals surface area contributed by atoms with Crippen LogP contribution in [-0.2, 0) is 13.0 Å². The van der Waals surface area contributed by atoms with E-state index in [9.17, 15) is 0 Å². The van der Waals surface area contributed by atoms with Crippen LogP contribution in [0.2, 0.25) is 0 Å². The fourth-order valence-electron chi connectivity index (χ4n) is 1.03. The molecule has 3 nitrogen and oxygen atoms in total. The van der Waals surface area contributed by atoms with Crippen LogP contribution in [-0.4, -0.2) is 22.7 Å². The molecule has 0 saturated heterocycles. The third kappa shape index (κ3) is 3.85. The van der Waals surface area contributed by atoms with Gasteiger partial charge in [0, 0.05) is 24.4 Å². The number of thiazole rings is 1. The van der Waals surface area contributed by atoms with Crippen molar-refractivity contribution in [2.45, 2.75) is 32.9 Å². The molecule has 0 saturated carbocycles. The number of rotatable bonds is 5. The average Bonchev–Trinajstić information content (AvgIpc) is 2.52.